The molecule has 0 amide bonds. The maximum atomic E-state index is 3.93. The first kappa shape index (κ1) is 11.2. The number of piperidine rings is 1. The third-order valence-corrected chi connectivity index (χ3v) is 4.02. The van der Waals surface area contributed by atoms with Crippen LogP contribution in [0.1, 0.15) is 39.0 Å². The number of likely N-dealkylation sites (tertiary alicyclic amines) is 1. The number of rotatable bonds is 3. The largest absolute Gasteiger partial charge is 0.312 e. The second-order valence-electron chi connectivity index (χ2n) is 4.98. The minimum Gasteiger partial charge on any atom is -0.312 e. The Hall–Kier alpha value is -0.340. The van der Waals surface area contributed by atoms with E-state index < -0.39 is 0 Å². The summed E-state index contributed by atoms with van der Waals surface area (Å²) in [6.45, 7) is 8.69. The molecule has 0 aliphatic carbocycles. The summed E-state index contributed by atoms with van der Waals surface area (Å²) >= 11 is 0. The average molecular weight is 208 g/mol. The highest BCUT2D eigenvalue weighted by Gasteiger charge is 2.32. The zero-order valence-corrected chi connectivity index (χ0v) is 9.91. The number of nitrogens with one attached hydrogen (secondary N) is 1. The molecule has 2 rings (SSSR count). The minimum atomic E-state index is 0.540. The van der Waals surface area contributed by atoms with Gasteiger partial charge in [-0.05, 0) is 45.7 Å². The van der Waals surface area contributed by atoms with Gasteiger partial charge in [-0.25, -0.2) is 0 Å². The highest BCUT2D eigenvalue weighted by molar-refractivity contribution is 4.96. The van der Waals surface area contributed by atoms with Crippen molar-refractivity contribution in [3.8, 4) is 0 Å². The Bertz CT molecular complexity index is 209. The molecule has 2 heterocycles. The van der Waals surface area contributed by atoms with Gasteiger partial charge in [-0.15, -0.1) is 6.58 Å². The smallest absolute Gasteiger partial charge is 0.0255 e. The van der Waals surface area contributed by atoms with Gasteiger partial charge >= 0.3 is 0 Å². The van der Waals surface area contributed by atoms with E-state index >= 15 is 0 Å². The summed E-state index contributed by atoms with van der Waals surface area (Å²) in [4.78, 5) is 2.65. The molecule has 2 heteroatoms. The zero-order chi connectivity index (χ0) is 10.7. The van der Waals surface area contributed by atoms with E-state index in [-0.39, 0.29) is 0 Å². The fraction of sp³-hybridized carbons (Fsp3) is 0.846. The lowest BCUT2D eigenvalue weighted by molar-refractivity contribution is 0.0993. The van der Waals surface area contributed by atoms with Gasteiger partial charge in [0, 0.05) is 18.1 Å². The van der Waals surface area contributed by atoms with Crippen LogP contribution >= 0.6 is 0 Å². The van der Waals surface area contributed by atoms with Crippen LogP contribution < -0.4 is 5.32 Å². The molecule has 15 heavy (non-hydrogen) atoms. The molecule has 86 valence electrons. The maximum absolute atomic E-state index is 3.93. The third-order valence-electron chi connectivity index (χ3n) is 4.02. The molecule has 2 nitrogen and oxygen atoms in total. The highest BCUT2D eigenvalue weighted by atomic mass is 15.2. The predicted octanol–water partition coefficient (Wildman–Crippen LogP) is 2.17. The first-order valence-electron chi connectivity index (χ1n) is 6.44. The second-order valence-corrected chi connectivity index (χ2v) is 4.98. The van der Waals surface area contributed by atoms with Crippen molar-refractivity contribution in [1.82, 2.24) is 10.2 Å². The van der Waals surface area contributed by atoms with Gasteiger partial charge in [0.2, 0.25) is 0 Å². The minimum absolute atomic E-state index is 0.540. The Balaban J connectivity index is 2.01. The van der Waals surface area contributed by atoms with Gasteiger partial charge in [-0.2, -0.15) is 0 Å². The first-order chi connectivity index (χ1) is 7.33. The Morgan fingerprint density at radius 3 is 2.87 bits per heavy atom. The Morgan fingerprint density at radius 1 is 1.33 bits per heavy atom. The highest BCUT2D eigenvalue weighted by Crippen LogP contribution is 2.26. The molecule has 0 radical (unpaired) electrons. The van der Waals surface area contributed by atoms with E-state index in [2.05, 4.69) is 29.8 Å². The molecule has 2 fully saturated rings. The van der Waals surface area contributed by atoms with Gasteiger partial charge in [0.25, 0.3) is 0 Å². The van der Waals surface area contributed by atoms with Crippen LogP contribution in [0.15, 0.2) is 12.7 Å². The lowest BCUT2D eigenvalue weighted by Crippen LogP contribution is -2.52. The summed E-state index contributed by atoms with van der Waals surface area (Å²) in [6, 6.07) is 2.04. The van der Waals surface area contributed by atoms with Crippen molar-refractivity contribution in [3.05, 3.63) is 12.7 Å². The molecule has 0 saturated carbocycles. The number of hydrogen-bond donors (Lipinski definition) is 1. The van der Waals surface area contributed by atoms with E-state index in [0.29, 0.717) is 6.04 Å². The van der Waals surface area contributed by atoms with Crippen molar-refractivity contribution in [2.75, 3.05) is 13.1 Å². The molecule has 0 aromatic rings. The first-order valence-corrected chi connectivity index (χ1v) is 6.44. The Kier molecular flexibility index (Phi) is 3.81. The molecule has 1 N–H and O–H groups in total. The van der Waals surface area contributed by atoms with Gasteiger partial charge in [0.15, 0.2) is 0 Å². The van der Waals surface area contributed by atoms with Crippen LogP contribution in [-0.4, -0.2) is 36.1 Å². The van der Waals surface area contributed by atoms with Gasteiger partial charge in [-0.1, -0.05) is 12.5 Å². The maximum Gasteiger partial charge on any atom is 0.0255 e. The van der Waals surface area contributed by atoms with Crippen LogP contribution in [-0.2, 0) is 0 Å². The van der Waals surface area contributed by atoms with Gasteiger partial charge in [0.1, 0.15) is 0 Å². The second kappa shape index (κ2) is 5.13. The van der Waals surface area contributed by atoms with E-state index in [0.717, 1.165) is 12.1 Å². The van der Waals surface area contributed by atoms with Crippen LogP contribution in [0, 0.1) is 0 Å². The van der Waals surface area contributed by atoms with Crippen molar-refractivity contribution in [2.45, 2.75) is 57.2 Å². The van der Waals surface area contributed by atoms with E-state index in [9.17, 15) is 0 Å². The van der Waals surface area contributed by atoms with E-state index in [1.807, 2.05) is 0 Å². The van der Waals surface area contributed by atoms with Crippen molar-refractivity contribution < 1.29 is 0 Å². The monoisotopic (exact) mass is 208 g/mol. The average Bonchev–Trinajstić information content (AvgIpc) is 2.81. The van der Waals surface area contributed by atoms with Crippen molar-refractivity contribution in [3.63, 3.8) is 0 Å². The van der Waals surface area contributed by atoms with Crippen LogP contribution in [0.4, 0.5) is 0 Å². The number of nitrogens with zero attached hydrogens (tertiary/aromatic N) is 1. The molecule has 0 spiro atoms. The van der Waals surface area contributed by atoms with Crippen molar-refractivity contribution in [2.24, 2.45) is 0 Å². The lowest BCUT2D eigenvalue weighted by atomic mass is 9.93. The molecule has 3 unspecified atom stereocenters. The van der Waals surface area contributed by atoms with Gasteiger partial charge < -0.3 is 5.32 Å². The molecule has 0 aromatic heterocycles. The van der Waals surface area contributed by atoms with Gasteiger partial charge in [0.05, 0.1) is 0 Å². The molecular formula is C13H24N2. The summed E-state index contributed by atoms with van der Waals surface area (Å²) < 4.78 is 0. The SMILES string of the molecule is C=CC(C)N1CCCCC1C1CCCN1. The molecular weight excluding hydrogens is 184 g/mol. The predicted molar refractivity (Wildman–Crippen MR) is 65.0 cm³/mol. The molecule has 2 aliphatic heterocycles. The van der Waals surface area contributed by atoms with E-state index in [1.165, 1.54) is 45.2 Å². The fourth-order valence-electron chi connectivity index (χ4n) is 3.09. The third kappa shape index (κ3) is 2.43. The van der Waals surface area contributed by atoms with Crippen molar-refractivity contribution >= 4 is 0 Å². The van der Waals surface area contributed by atoms with Crippen LogP contribution in [0.25, 0.3) is 0 Å². The summed E-state index contributed by atoms with van der Waals surface area (Å²) in [5.74, 6) is 0. The van der Waals surface area contributed by atoms with Crippen LogP contribution in [0.5, 0.6) is 0 Å². The lowest BCUT2D eigenvalue weighted by Gasteiger charge is -2.42. The van der Waals surface area contributed by atoms with E-state index in [4.69, 9.17) is 0 Å². The molecule has 2 saturated heterocycles. The number of hydrogen-bond acceptors (Lipinski definition) is 2. The standard InChI is InChI=1S/C13H24N2/c1-3-11(2)15-10-5-4-8-13(15)12-7-6-9-14-12/h3,11-14H,1,4-10H2,2H3. The summed E-state index contributed by atoms with van der Waals surface area (Å²) in [6.07, 6.45) is 8.95. The normalized spacial score (nSPS) is 35.3. The topological polar surface area (TPSA) is 15.3 Å². The van der Waals surface area contributed by atoms with Crippen LogP contribution in [0.2, 0.25) is 0 Å². The fourth-order valence-corrected chi connectivity index (χ4v) is 3.09. The Labute approximate surface area is 93.7 Å². The molecule has 0 bridgehead atoms. The molecule has 2 aliphatic rings. The van der Waals surface area contributed by atoms with E-state index in [1.54, 1.807) is 0 Å². The zero-order valence-electron chi connectivity index (χ0n) is 9.91. The van der Waals surface area contributed by atoms with Crippen LogP contribution in [0.3, 0.4) is 0 Å². The molecule has 3 atom stereocenters. The van der Waals surface area contributed by atoms with Crippen molar-refractivity contribution in [1.29, 1.82) is 0 Å². The summed E-state index contributed by atoms with van der Waals surface area (Å²) in [5.41, 5.74) is 0. The van der Waals surface area contributed by atoms with Gasteiger partial charge in [-0.3, -0.25) is 4.90 Å². The molecule has 0 aromatic carbocycles. The Morgan fingerprint density at radius 2 is 2.20 bits per heavy atom. The summed E-state index contributed by atoms with van der Waals surface area (Å²) in [7, 11) is 0. The summed E-state index contributed by atoms with van der Waals surface area (Å²) in [5, 5.41) is 3.66. The quantitative estimate of drug-likeness (QED) is 0.715.